The molecule has 2 rings (SSSR count). The van der Waals surface area contributed by atoms with Gasteiger partial charge in [-0.1, -0.05) is 31.2 Å². The minimum Gasteiger partial charge on any atom is -0.369 e. The van der Waals surface area contributed by atoms with Gasteiger partial charge < -0.3 is 5.73 Å². The minimum absolute atomic E-state index is 0.0408. The summed E-state index contributed by atoms with van der Waals surface area (Å²) in [5.74, 6) is -0.238. The zero-order chi connectivity index (χ0) is 13.8. The fourth-order valence-corrected chi connectivity index (χ4v) is 2.21. The van der Waals surface area contributed by atoms with Crippen LogP contribution in [0.1, 0.15) is 30.9 Å². The number of carbonyl (C=O) groups is 2. The molecule has 100 valence electrons. The van der Waals surface area contributed by atoms with Crippen LogP contribution in [0, 0.1) is 5.92 Å². The third kappa shape index (κ3) is 3.19. The molecule has 1 aliphatic heterocycles. The fraction of sp³-hybridized carbons (Fsp3) is 0.357. The number of hydrazone groups is 1. The molecule has 0 bridgehead atoms. The van der Waals surface area contributed by atoms with Crippen LogP contribution in [0.15, 0.2) is 29.4 Å². The van der Waals surface area contributed by atoms with E-state index >= 15 is 0 Å². The molecule has 0 spiro atoms. The first-order valence-corrected chi connectivity index (χ1v) is 6.34. The average molecular weight is 259 g/mol. The van der Waals surface area contributed by atoms with Crippen LogP contribution in [0.5, 0.6) is 0 Å². The Balaban J connectivity index is 2.21. The maximum Gasteiger partial charge on any atom is 0.240 e. The molecule has 1 unspecified atom stereocenters. The van der Waals surface area contributed by atoms with Crippen LogP contribution in [-0.2, 0) is 16.0 Å². The maximum absolute atomic E-state index is 11.3. The molecule has 0 aromatic heterocycles. The predicted molar refractivity (Wildman–Crippen MR) is 72.4 cm³/mol. The molecule has 1 aromatic rings. The topological polar surface area (TPSA) is 84.6 Å². The largest absolute Gasteiger partial charge is 0.369 e. The first-order chi connectivity index (χ1) is 9.10. The minimum atomic E-state index is -0.346. The Hall–Kier alpha value is -2.17. The summed E-state index contributed by atoms with van der Waals surface area (Å²) >= 11 is 0. The second-order valence-corrected chi connectivity index (χ2v) is 4.68. The van der Waals surface area contributed by atoms with Crippen LogP contribution in [0.25, 0.3) is 0 Å². The van der Waals surface area contributed by atoms with E-state index in [4.69, 9.17) is 5.73 Å². The van der Waals surface area contributed by atoms with Gasteiger partial charge in [-0.05, 0) is 17.5 Å². The van der Waals surface area contributed by atoms with E-state index in [0.717, 1.165) is 23.3 Å². The second-order valence-electron chi connectivity index (χ2n) is 4.68. The van der Waals surface area contributed by atoms with E-state index in [1.807, 2.05) is 31.2 Å². The molecule has 3 N–H and O–H groups in total. The average Bonchev–Trinajstić information content (AvgIpc) is 2.39. The van der Waals surface area contributed by atoms with Crippen LogP contribution in [0.3, 0.4) is 0 Å². The van der Waals surface area contributed by atoms with Gasteiger partial charge in [-0.3, -0.25) is 9.59 Å². The van der Waals surface area contributed by atoms with Gasteiger partial charge in [0.15, 0.2) is 0 Å². The quantitative estimate of drug-likeness (QED) is 0.844. The molecule has 2 amide bonds. The van der Waals surface area contributed by atoms with Crippen LogP contribution < -0.4 is 11.2 Å². The Morgan fingerprint density at radius 2 is 2.11 bits per heavy atom. The van der Waals surface area contributed by atoms with Crippen molar-refractivity contribution in [3.05, 3.63) is 35.4 Å². The third-order valence-corrected chi connectivity index (χ3v) is 3.24. The number of nitrogens with two attached hydrogens (primary N) is 1. The van der Waals surface area contributed by atoms with Gasteiger partial charge in [-0.25, -0.2) is 5.43 Å². The lowest BCUT2D eigenvalue weighted by Gasteiger charge is -2.21. The van der Waals surface area contributed by atoms with Gasteiger partial charge in [-0.2, -0.15) is 5.10 Å². The number of rotatable bonds is 4. The van der Waals surface area contributed by atoms with E-state index < -0.39 is 0 Å². The lowest BCUT2D eigenvalue weighted by molar-refractivity contribution is -0.122. The Morgan fingerprint density at radius 3 is 2.68 bits per heavy atom. The van der Waals surface area contributed by atoms with E-state index in [1.165, 1.54) is 0 Å². The summed E-state index contributed by atoms with van der Waals surface area (Å²) in [4.78, 5) is 22.2. The summed E-state index contributed by atoms with van der Waals surface area (Å²) < 4.78 is 0. The Kier molecular flexibility index (Phi) is 3.94. The third-order valence-electron chi connectivity index (χ3n) is 3.24. The van der Waals surface area contributed by atoms with Crippen molar-refractivity contribution < 1.29 is 9.59 Å². The predicted octanol–water partition coefficient (Wildman–Crippen LogP) is 0.965. The zero-order valence-electron chi connectivity index (χ0n) is 10.8. The Bertz CT molecular complexity index is 520. The number of nitrogens with one attached hydrogen (secondary N) is 1. The molecule has 5 heteroatoms. The molecule has 0 aliphatic carbocycles. The van der Waals surface area contributed by atoms with Crippen molar-refractivity contribution in [2.24, 2.45) is 16.8 Å². The number of nitrogens with zero attached hydrogens (tertiary/aromatic N) is 1. The Labute approximate surface area is 111 Å². The summed E-state index contributed by atoms with van der Waals surface area (Å²) in [5.41, 5.74) is 10.4. The number of hydrogen-bond acceptors (Lipinski definition) is 3. The molecule has 1 atom stereocenters. The summed E-state index contributed by atoms with van der Waals surface area (Å²) in [5, 5.41) is 4.15. The van der Waals surface area contributed by atoms with Crippen molar-refractivity contribution in [3.63, 3.8) is 0 Å². The van der Waals surface area contributed by atoms with E-state index in [-0.39, 0.29) is 24.2 Å². The van der Waals surface area contributed by atoms with Gasteiger partial charge in [-0.15, -0.1) is 0 Å². The van der Waals surface area contributed by atoms with Crippen molar-refractivity contribution in [1.82, 2.24) is 5.43 Å². The molecule has 19 heavy (non-hydrogen) atoms. The SMILES string of the molecule is CCC1CC(=O)NN=C1c1ccc(CC(N)=O)cc1. The van der Waals surface area contributed by atoms with Gasteiger partial charge in [0.05, 0.1) is 12.1 Å². The molecule has 0 saturated carbocycles. The standard InChI is InChI=1S/C14H17N3O2/c1-2-10-8-13(19)16-17-14(10)11-5-3-9(4-6-11)7-12(15)18/h3-6,10H,2,7-8H2,1H3,(H2,15,18)(H,16,19). The monoisotopic (exact) mass is 259 g/mol. The van der Waals surface area contributed by atoms with Crippen LogP contribution in [0.4, 0.5) is 0 Å². The molecule has 0 saturated heterocycles. The molecule has 1 heterocycles. The molecule has 1 aromatic carbocycles. The van der Waals surface area contributed by atoms with Gasteiger partial charge in [0.25, 0.3) is 0 Å². The van der Waals surface area contributed by atoms with E-state index in [9.17, 15) is 9.59 Å². The highest BCUT2D eigenvalue weighted by molar-refractivity contribution is 6.05. The van der Waals surface area contributed by atoms with Crippen molar-refractivity contribution in [1.29, 1.82) is 0 Å². The van der Waals surface area contributed by atoms with E-state index in [2.05, 4.69) is 10.5 Å². The van der Waals surface area contributed by atoms with Crippen molar-refractivity contribution in [2.45, 2.75) is 26.2 Å². The maximum atomic E-state index is 11.3. The number of hydrogen-bond donors (Lipinski definition) is 2. The molecule has 5 nitrogen and oxygen atoms in total. The van der Waals surface area contributed by atoms with Crippen molar-refractivity contribution >= 4 is 17.5 Å². The van der Waals surface area contributed by atoms with Gasteiger partial charge >= 0.3 is 0 Å². The molecular formula is C14H17N3O2. The summed E-state index contributed by atoms with van der Waals surface area (Å²) in [6.45, 7) is 2.04. The first-order valence-electron chi connectivity index (χ1n) is 6.34. The van der Waals surface area contributed by atoms with Gasteiger partial charge in [0, 0.05) is 12.3 Å². The zero-order valence-corrected chi connectivity index (χ0v) is 10.8. The highest BCUT2D eigenvalue weighted by atomic mass is 16.2. The van der Waals surface area contributed by atoms with Crippen LogP contribution in [0.2, 0.25) is 0 Å². The van der Waals surface area contributed by atoms with E-state index in [0.29, 0.717) is 6.42 Å². The number of benzene rings is 1. The van der Waals surface area contributed by atoms with E-state index in [1.54, 1.807) is 0 Å². The van der Waals surface area contributed by atoms with Crippen LogP contribution >= 0.6 is 0 Å². The normalized spacial score (nSPS) is 18.7. The second kappa shape index (κ2) is 5.65. The smallest absolute Gasteiger partial charge is 0.240 e. The summed E-state index contributed by atoms with van der Waals surface area (Å²) in [6, 6.07) is 7.56. The molecule has 0 fully saturated rings. The Morgan fingerprint density at radius 1 is 1.42 bits per heavy atom. The fourth-order valence-electron chi connectivity index (χ4n) is 2.21. The number of carbonyl (C=O) groups excluding carboxylic acids is 2. The van der Waals surface area contributed by atoms with Crippen molar-refractivity contribution in [3.8, 4) is 0 Å². The number of amides is 2. The number of primary amides is 1. The highest BCUT2D eigenvalue weighted by Crippen LogP contribution is 2.20. The molecule has 0 radical (unpaired) electrons. The lowest BCUT2D eigenvalue weighted by Crippen LogP contribution is -2.33. The lowest BCUT2D eigenvalue weighted by atomic mass is 9.90. The highest BCUT2D eigenvalue weighted by Gasteiger charge is 2.23. The van der Waals surface area contributed by atoms with Crippen molar-refractivity contribution in [2.75, 3.05) is 0 Å². The van der Waals surface area contributed by atoms with Gasteiger partial charge in [0.1, 0.15) is 0 Å². The summed E-state index contributed by atoms with van der Waals surface area (Å²) in [6.07, 6.45) is 1.58. The van der Waals surface area contributed by atoms with Gasteiger partial charge in [0.2, 0.25) is 11.8 Å². The summed E-state index contributed by atoms with van der Waals surface area (Å²) in [7, 11) is 0. The first kappa shape index (κ1) is 13.3. The molecule has 1 aliphatic rings. The molecular weight excluding hydrogens is 242 g/mol. The van der Waals surface area contributed by atoms with Crippen LogP contribution in [-0.4, -0.2) is 17.5 Å².